The topological polar surface area (TPSA) is 90.6 Å². The molecule has 2 N–H and O–H groups in total. The molecule has 0 spiro atoms. The Labute approximate surface area is 169 Å². The van der Waals surface area contributed by atoms with Crippen LogP contribution in [0.1, 0.15) is 23.2 Å². The molecule has 1 saturated heterocycles. The minimum atomic E-state index is -0.201. The second-order valence-electron chi connectivity index (χ2n) is 7.70. The number of H-pyrrole nitrogens is 1. The van der Waals surface area contributed by atoms with Crippen molar-refractivity contribution in [2.45, 2.75) is 25.8 Å². The summed E-state index contributed by atoms with van der Waals surface area (Å²) in [7, 11) is 2.08. The molecule has 8 nitrogen and oxygen atoms in total. The number of aromatic amines is 1. The van der Waals surface area contributed by atoms with E-state index in [1.807, 2.05) is 18.2 Å². The number of likely N-dealkylation sites (N-methyl/N-ethyl adjacent to an activating group) is 1. The van der Waals surface area contributed by atoms with Gasteiger partial charge in [-0.05, 0) is 37.1 Å². The molecule has 8 heteroatoms. The van der Waals surface area contributed by atoms with Crippen molar-refractivity contribution in [2.24, 2.45) is 0 Å². The van der Waals surface area contributed by atoms with Crippen molar-refractivity contribution in [1.82, 2.24) is 20.2 Å². The zero-order valence-electron chi connectivity index (χ0n) is 16.7. The molecule has 29 heavy (non-hydrogen) atoms. The number of hydrogen-bond acceptors (Lipinski definition) is 6. The number of nitrogens with one attached hydrogen (secondary N) is 2. The molecule has 0 unspecified atom stereocenters. The van der Waals surface area contributed by atoms with E-state index < -0.39 is 0 Å². The monoisotopic (exact) mass is 397 g/mol. The summed E-state index contributed by atoms with van der Waals surface area (Å²) >= 11 is 0. The molecule has 4 rings (SSSR count). The number of nitrogens with zero attached hydrogens (tertiary/aromatic N) is 3. The highest BCUT2D eigenvalue weighted by atomic mass is 16.5. The zero-order chi connectivity index (χ0) is 20.2. The van der Waals surface area contributed by atoms with Crippen LogP contribution in [0.3, 0.4) is 0 Å². The number of ether oxygens (including phenoxy) is 1. The van der Waals surface area contributed by atoms with Gasteiger partial charge in [-0.1, -0.05) is 12.1 Å². The Kier molecular flexibility index (Phi) is 5.80. The van der Waals surface area contributed by atoms with Crippen LogP contribution in [0.2, 0.25) is 0 Å². The van der Waals surface area contributed by atoms with Crippen LogP contribution in [-0.4, -0.2) is 60.6 Å². The molecule has 1 aromatic carbocycles. The van der Waals surface area contributed by atoms with Crippen molar-refractivity contribution in [3.8, 4) is 5.75 Å². The largest absolute Gasteiger partial charge is 0.493 e. The molecule has 2 aliphatic heterocycles. The fraction of sp³-hybridized carbons (Fsp3) is 0.476. The van der Waals surface area contributed by atoms with Crippen LogP contribution in [0.15, 0.2) is 29.1 Å². The summed E-state index contributed by atoms with van der Waals surface area (Å²) in [6.45, 7) is 4.48. The van der Waals surface area contributed by atoms with Crippen molar-refractivity contribution in [3.63, 3.8) is 0 Å². The summed E-state index contributed by atoms with van der Waals surface area (Å²) < 4.78 is 5.62. The Morgan fingerprint density at radius 2 is 2.07 bits per heavy atom. The summed E-state index contributed by atoms with van der Waals surface area (Å²) in [6, 6.07) is 7.36. The van der Waals surface area contributed by atoms with Gasteiger partial charge in [0.1, 0.15) is 5.75 Å². The molecule has 3 heterocycles. The van der Waals surface area contributed by atoms with Crippen molar-refractivity contribution < 1.29 is 9.53 Å². The van der Waals surface area contributed by atoms with Gasteiger partial charge in [0.2, 0.25) is 11.9 Å². The van der Waals surface area contributed by atoms with Gasteiger partial charge in [-0.25, -0.2) is 4.98 Å². The fourth-order valence-corrected chi connectivity index (χ4v) is 3.71. The number of rotatable bonds is 5. The Morgan fingerprint density at radius 3 is 2.90 bits per heavy atom. The molecule has 0 bridgehead atoms. The lowest BCUT2D eigenvalue weighted by Crippen LogP contribution is -2.45. The maximum absolute atomic E-state index is 12.4. The highest BCUT2D eigenvalue weighted by Crippen LogP contribution is 2.25. The van der Waals surface area contributed by atoms with Crippen molar-refractivity contribution in [3.05, 3.63) is 51.4 Å². The van der Waals surface area contributed by atoms with Crippen LogP contribution in [0.25, 0.3) is 0 Å². The smallest absolute Gasteiger partial charge is 0.252 e. The second kappa shape index (κ2) is 8.65. The number of carbonyl (C=O) groups is 1. The summed E-state index contributed by atoms with van der Waals surface area (Å²) in [5.74, 6) is 1.40. The molecule has 0 aliphatic carbocycles. The molecule has 2 aromatic rings. The van der Waals surface area contributed by atoms with Crippen molar-refractivity contribution in [1.29, 1.82) is 0 Å². The van der Waals surface area contributed by atoms with Crippen molar-refractivity contribution in [2.75, 3.05) is 44.7 Å². The molecular formula is C21H27N5O3. The Bertz CT molecular complexity index is 934. The van der Waals surface area contributed by atoms with E-state index in [1.165, 1.54) is 6.07 Å². The van der Waals surface area contributed by atoms with Crippen LogP contribution in [0.4, 0.5) is 5.95 Å². The van der Waals surface area contributed by atoms with E-state index >= 15 is 0 Å². The lowest BCUT2D eigenvalue weighted by molar-refractivity contribution is -0.120. The summed E-state index contributed by atoms with van der Waals surface area (Å²) in [5.41, 5.74) is 2.49. The standard InChI is InChI=1S/C21H27N5O3/c1-25-6-8-26(9-7-25)21-23-17(13-20(28)24-21)14-22-19(27)12-15-4-5-18-16(11-15)3-2-10-29-18/h4-5,11,13H,2-3,6-10,12,14H2,1H3,(H,22,27)(H,23,24,28). The summed E-state index contributed by atoms with van der Waals surface area (Å²) in [5, 5.41) is 2.88. The summed E-state index contributed by atoms with van der Waals surface area (Å²) in [4.78, 5) is 36.1. The zero-order valence-corrected chi connectivity index (χ0v) is 16.7. The predicted molar refractivity (Wildman–Crippen MR) is 110 cm³/mol. The van der Waals surface area contributed by atoms with Gasteiger partial charge in [0.25, 0.3) is 5.56 Å². The lowest BCUT2D eigenvalue weighted by atomic mass is 10.0. The van der Waals surface area contributed by atoms with Crippen molar-refractivity contribution >= 4 is 11.9 Å². The maximum atomic E-state index is 12.4. The first kappa shape index (κ1) is 19.4. The first-order chi connectivity index (χ1) is 14.1. The average Bonchev–Trinajstić information content (AvgIpc) is 2.72. The SMILES string of the molecule is CN1CCN(c2nc(CNC(=O)Cc3ccc4c(c3)CCCO4)cc(=O)[nH]2)CC1. The predicted octanol–water partition coefficient (Wildman–Crippen LogP) is 0.706. The van der Waals surface area contributed by atoms with Crippen LogP contribution < -0.4 is 20.5 Å². The summed E-state index contributed by atoms with van der Waals surface area (Å²) in [6.07, 6.45) is 2.28. The first-order valence-corrected chi connectivity index (χ1v) is 10.1. The van der Waals surface area contributed by atoms with E-state index in [0.29, 0.717) is 18.1 Å². The Balaban J connectivity index is 1.36. The molecule has 0 atom stereocenters. The highest BCUT2D eigenvalue weighted by molar-refractivity contribution is 5.78. The van der Waals surface area contributed by atoms with Gasteiger partial charge in [0, 0.05) is 32.2 Å². The molecule has 0 radical (unpaired) electrons. The third-order valence-electron chi connectivity index (χ3n) is 5.39. The van der Waals surface area contributed by atoms with E-state index in [9.17, 15) is 9.59 Å². The molecule has 0 saturated carbocycles. The number of aryl methyl sites for hydroxylation is 1. The van der Waals surface area contributed by atoms with E-state index in [-0.39, 0.29) is 18.0 Å². The molecule has 1 fully saturated rings. The second-order valence-corrected chi connectivity index (χ2v) is 7.70. The number of anilines is 1. The highest BCUT2D eigenvalue weighted by Gasteiger charge is 2.17. The van der Waals surface area contributed by atoms with Gasteiger partial charge in [-0.3, -0.25) is 14.6 Å². The average molecular weight is 397 g/mol. The number of benzene rings is 1. The number of carbonyl (C=O) groups excluding carboxylic acids is 1. The maximum Gasteiger partial charge on any atom is 0.252 e. The number of aromatic nitrogens is 2. The Hall–Kier alpha value is -2.87. The fourth-order valence-electron chi connectivity index (χ4n) is 3.71. The molecule has 154 valence electrons. The van der Waals surface area contributed by atoms with Crippen LogP contribution in [0, 0.1) is 0 Å². The third kappa shape index (κ3) is 4.95. The first-order valence-electron chi connectivity index (χ1n) is 10.1. The van der Waals surface area contributed by atoms with Gasteiger partial charge in [0.15, 0.2) is 0 Å². The lowest BCUT2D eigenvalue weighted by Gasteiger charge is -2.32. The normalized spacial score (nSPS) is 16.8. The van der Waals surface area contributed by atoms with E-state index in [0.717, 1.165) is 62.5 Å². The number of amides is 1. The molecular weight excluding hydrogens is 370 g/mol. The van der Waals surface area contributed by atoms with Crippen LogP contribution in [-0.2, 0) is 24.2 Å². The van der Waals surface area contributed by atoms with Gasteiger partial charge < -0.3 is 19.9 Å². The molecule has 1 aromatic heterocycles. The van der Waals surface area contributed by atoms with Crippen LogP contribution in [0.5, 0.6) is 5.75 Å². The van der Waals surface area contributed by atoms with Gasteiger partial charge >= 0.3 is 0 Å². The number of piperazine rings is 1. The Morgan fingerprint density at radius 1 is 1.24 bits per heavy atom. The minimum Gasteiger partial charge on any atom is -0.493 e. The van der Waals surface area contributed by atoms with Gasteiger partial charge in [0.05, 0.1) is 25.3 Å². The van der Waals surface area contributed by atoms with Gasteiger partial charge in [-0.15, -0.1) is 0 Å². The third-order valence-corrected chi connectivity index (χ3v) is 5.39. The molecule has 1 amide bonds. The van der Waals surface area contributed by atoms with E-state index in [4.69, 9.17) is 4.74 Å². The number of fused-ring (bicyclic) bond motifs is 1. The van der Waals surface area contributed by atoms with E-state index in [1.54, 1.807) is 0 Å². The molecule has 2 aliphatic rings. The van der Waals surface area contributed by atoms with Gasteiger partial charge in [-0.2, -0.15) is 0 Å². The quantitative estimate of drug-likeness (QED) is 0.772. The van der Waals surface area contributed by atoms with Crippen LogP contribution >= 0.6 is 0 Å². The van der Waals surface area contributed by atoms with E-state index in [2.05, 4.69) is 32.1 Å². The minimum absolute atomic E-state index is 0.0927. The number of hydrogen-bond donors (Lipinski definition) is 2.